The minimum Gasteiger partial charge on any atom is -0.352 e. The van der Waals surface area contributed by atoms with Gasteiger partial charge in [0.1, 0.15) is 5.01 Å². The third-order valence-electron chi connectivity index (χ3n) is 4.16. The smallest absolute Gasteiger partial charge is 0.226 e. The van der Waals surface area contributed by atoms with Crippen molar-refractivity contribution in [1.29, 1.82) is 0 Å². The van der Waals surface area contributed by atoms with Crippen molar-refractivity contribution < 1.29 is 4.79 Å². The SMILES string of the molecule is CCc1ccc(-c2nc(CC(=O)NC3CCCNC3)cs2)cc1.Cl. The van der Waals surface area contributed by atoms with E-state index in [0.717, 1.165) is 48.6 Å². The molecule has 2 N–H and O–H groups in total. The molecule has 1 aromatic carbocycles. The first kappa shape index (κ1) is 18.9. The molecule has 1 aliphatic rings. The summed E-state index contributed by atoms with van der Waals surface area (Å²) in [6.07, 6.45) is 3.59. The average Bonchev–Trinajstić information content (AvgIpc) is 3.04. The molecule has 0 bridgehead atoms. The van der Waals surface area contributed by atoms with Gasteiger partial charge in [0, 0.05) is 23.5 Å². The third-order valence-corrected chi connectivity index (χ3v) is 5.10. The number of amides is 1. The Morgan fingerprint density at radius 3 is 2.83 bits per heavy atom. The summed E-state index contributed by atoms with van der Waals surface area (Å²) < 4.78 is 0. The maximum atomic E-state index is 12.1. The van der Waals surface area contributed by atoms with E-state index in [1.807, 2.05) is 5.38 Å². The molecule has 130 valence electrons. The van der Waals surface area contributed by atoms with E-state index >= 15 is 0 Å². The van der Waals surface area contributed by atoms with E-state index in [2.05, 4.69) is 46.8 Å². The van der Waals surface area contributed by atoms with E-state index in [4.69, 9.17) is 0 Å². The first-order valence-corrected chi connectivity index (χ1v) is 9.16. The van der Waals surface area contributed by atoms with Gasteiger partial charge in [-0.3, -0.25) is 4.79 Å². The van der Waals surface area contributed by atoms with Crippen molar-refractivity contribution in [3.8, 4) is 10.6 Å². The summed E-state index contributed by atoms with van der Waals surface area (Å²) in [6.45, 7) is 4.08. The van der Waals surface area contributed by atoms with Crippen LogP contribution in [-0.2, 0) is 17.6 Å². The lowest BCUT2D eigenvalue weighted by molar-refractivity contribution is -0.121. The number of carbonyl (C=O) groups is 1. The van der Waals surface area contributed by atoms with Gasteiger partial charge in [0.05, 0.1) is 12.1 Å². The molecule has 0 radical (unpaired) electrons. The molecule has 0 spiro atoms. The number of nitrogens with one attached hydrogen (secondary N) is 2. The van der Waals surface area contributed by atoms with Crippen LogP contribution in [0.3, 0.4) is 0 Å². The highest BCUT2D eigenvalue weighted by Gasteiger charge is 2.16. The molecule has 4 nitrogen and oxygen atoms in total. The lowest BCUT2D eigenvalue weighted by Gasteiger charge is -2.23. The fourth-order valence-corrected chi connectivity index (χ4v) is 3.65. The summed E-state index contributed by atoms with van der Waals surface area (Å²) in [4.78, 5) is 16.7. The molecule has 1 aromatic heterocycles. The fraction of sp³-hybridized carbons (Fsp3) is 0.444. The minimum atomic E-state index is 0. The standard InChI is InChI=1S/C18H23N3OS.ClH/c1-2-13-5-7-14(8-6-13)18-21-16(12-23-18)10-17(22)20-15-4-3-9-19-11-15;/h5-8,12,15,19H,2-4,9-11H2,1H3,(H,20,22);1H. The van der Waals surface area contributed by atoms with Crippen molar-refractivity contribution in [2.24, 2.45) is 0 Å². The molecule has 2 heterocycles. The second kappa shape index (κ2) is 9.16. The molecule has 1 amide bonds. The average molecular weight is 366 g/mol. The number of carbonyl (C=O) groups excluding carboxylic acids is 1. The van der Waals surface area contributed by atoms with Crippen LogP contribution < -0.4 is 10.6 Å². The van der Waals surface area contributed by atoms with E-state index in [1.165, 1.54) is 5.56 Å². The lowest BCUT2D eigenvalue weighted by atomic mass is 10.1. The van der Waals surface area contributed by atoms with Crippen molar-refractivity contribution in [3.63, 3.8) is 0 Å². The Morgan fingerprint density at radius 1 is 1.38 bits per heavy atom. The molecule has 1 unspecified atom stereocenters. The van der Waals surface area contributed by atoms with Gasteiger partial charge in [-0.2, -0.15) is 0 Å². The van der Waals surface area contributed by atoms with E-state index in [0.29, 0.717) is 6.42 Å². The van der Waals surface area contributed by atoms with E-state index in [1.54, 1.807) is 11.3 Å². The number of halogens is 1. The van der Waals surface area contributed by atoms with Crippen LogP contribution in [0.2, 0.25) is 0 Å². The van der Waals surface area contributed by atoms with Gasteiger partial charge in [-0.1, -0.05) is 31.2 Å². The van der Waals surface area contributed by atoms with Gasteiger partial charge in [-0.25, -0.2) is 4.98 Å². The summed E-state index contributed by atoms with van der Waals surface area (Å²) in [5, 5.41) is 9.37. The first-order valence-electron chi connectivity index (χ1n) is 8.28. The van der Waals surface area contributed by atoms with Crippen LogP contribution in [0, 0.1) is 0 Å². The molecular formula is C18H24ClN3OS. The van der Waals surface area contributed by atoms with Gasteiger partial charge in [0.15, 0.2) is 0 Å². The predicted molar refractivity (Wildman–Crippen MR) is 102 cm³/mol. The Morgan fingerprint density at radius 2 is 2.17 bits per heavy atom. The number of benzene rings is 1. The molecule has 0 saturated carbocycles. The van der Waals surface area contributed by atoms with Crippen molar-refractivity contribution in [3.05, 3.63) is 40.9 Å². The van der Waals surface area contributed by atoms with Crippen molar-refractivity contribution in [2.75, 3.05) is 13.1 Å². The molecule has 3 rings (SSSR count). The Hall–Kier alpha value is -1.43. The summed E-state index contributed by atoms with van der Waals surface area (Å²) in [6, 6.07) is 8.75. The zero-order valence-electron chi connectivity index (χ0n) is 13.9. The lowest BCUT2D eigenvalue weighted by Crippen LogP contribution is -2.46. The van der Waals surface area contributed by atoms with Crippen LogP contribution in [0.1, 0.15) is 31.0 Å². The Labute approximate surface area is 153 Å². The molecule has 1 fully saturated rings. The molecular weight excluding hydrogens is 342 g/mol. The van der Waals surface area contributed by atoms with Crippen LogP contribution in [0.25, 0.3) is 10.6 Å². The van der Waals surface area contributed by atoms with Crippen LogP contribution in [0.15, 0.2) is 29.6 Å². The molecule has 6 heteroatoms. The minimum absolute atomic E-state index is 0. The summed E-state index contributed by atoms with van der Waals surface area (Å²) in [7, 11) is 0. The van der Waals surface area contributed by atoms with E-state index in [9.17, 15) is 4.79 Å². The van der Waals surface area contributed by atoms with Crippen LogP contribution in [-0.4, -0.2) is 30.0 Å². The van der Waals surface area contributed by atoms with Gasteiger partial charge in [0.25, 0.3) is 0 Å². The maximum Gasteiger partial charge on any atom is 0.226 e. The molecule has 2 aromatic rings. The quantitative estimate of drug-likeness (QED) is 0.855. The highest BCUT2D eigenvalue weighted by atomic mass is 35.5. The second-order valence-electron chi connectivity index (χ2n) is 5.98. The van der Waals surface area contributed by atoms with Crippen LogP contribution >= 0.6 is 23.7 Å². The number of thiazole rings is 1. The number of aryl methyl sites for hydroxylation is 1. The molecule has 24 heavy (non-hydrogen) atoms. The number of nitrogens with zero attached hydrogens (tertiary/aromatic N) is 1. The number of aromatic nitrogens is 1. The molecule has 0 aliphatic carbocycles. The zero-order chi connectivity index (χ0) is 16.1. The number of hydrogen-bond donors (Lipinski definition) is 2. The Kier molecular flexibility index (Phi) is 7.21. The third kappa shape index (κ3) is 5.03. The summed E-state index contributed by atoms with van der Waals surface area (Å²) in [5.74, 6) is 0.0666. The van der Waals surface area contributed by atoms with Crippen LogP contribution in [0.4, 0.5) is 0 Å². The van der Waals surface area contributed by atoms with Gasteiger partial charge in [0.2, 0.25) is 5.91 Å². The number of rotatable bonds is 5. The highest BCUT2D eigenvalue weighted by Crippen LogP contribution is 2.24. The second-order valence-corrected chi connectivity index (χ2v) is 6.84. The van der Waals surface area contributed by atoms with Crippen LogP contribution in [0.5, 0.6) is 0 Å². The van der Waals surface area contributed by atoms with Gasteiger partial charge in [-0.15, -0.1) is 23.7 Å². The first-order chi connectivity index (χ1) is 11.2. The molecule has 1 atom stereocenters. The normalized spacial score (nSPS) is 17.1. The predicted octanol–water partition coefficient (Wildman–Crippen LogP) is 3.21. The number of piperidine rings is 1. The van der Waals surface area contributed by atoms with Crippen molar-refractivity contribution in [1.82, 2.24) is 15.6 Å². The van der Waals surface area contributed by atoms with Crippen molar-refractivity contribution >= 4 is 29.7 Å². The maximum absolute atomic E-state index is 12.1. The molecule has 1 aliphatic heterocycles. The molecule has 1 saturated heterocycles. The largest absolute Gasteiger partial charge is 0.352 e. The van der Waals surface area contributed by atoms with E-state index < -0.39 is 0 Å². The monoisotopic (exact) mass is 365 g/mol. The fourth-order valence-electron chi connectivity index (χ4n) is 2.82. The topological polar surface area (TPSA) is 54.0 Å². The van der Waals surface area contributed by atoms with Gasteiger partial charge < -0.3 is 10.6 Å². The zero-order valence-corrected chi connectivity index (χ0v) is 15.5. The summed E-state index contributed by atoms with van der Waals surface area (Å²) in [5.41, 5.74) is 3.30. The van der Waals surface area contributed by atoms with Gasteiger partial charge >= 0.3 is 0 Å². The summed E-state index contributed by atoms with van der Waals surface area (Å²) >= 11 is 1.60. The van der Waals surface area contributed by atoms with Crippen molar-refractivity contribution in [2.45, 2.75) is 38.6 Å². The van der Waals surface area contributed by atoms with Gasteiger partial charge in [-0.05, 0) is 31.4 Å². The van der Waals surface area contributed by atoms with E-state index in [-0.39, 0.29) is 24.4 Å². The Balaban J connectivity index is 0.00000208. The number of hydrogen-bond acceptors (Lipinski definition) is 4. The highest BCUT2D eigenvalue weighted by molar-refractivity contribution is 7.13. The Bertz CT molecular complexity index is 651.